The molecule has 0 unspecified atom stereocenters. The molecule has 1 N–H and O–H groups in total. The van der Waals surface area contributed by atoms with Gasteiger partial charge in [-0.25, -0.2) is 0 Å². The number of thioether (sulfide) groups is 1. The molecule has 0 saturated carbocycles. The Morgan fingerprint density at radius 3 is 2.54 bits per heavy atom. The number of nitrogens with one attached hydrogen (secondary N) is 1. The van der Waals surface area contributed by atoms with Gasteiger partial charge in [0.05, 0.1) is 11.3 Å². The van der Waals surface area contributed by atoms with E-state index in [1.54, 1.807) is 13.8 Å². The third-order valence-corrected chi connectivity index (χ3v) is 4.78. The van der Waals surface area contributed by atoms with Gasteiger partial charge in [-0.15, -0.1) is 10.2 Å². The van der Waals surface area contributed by atoms with Crippen LogP contribution >= 0.6 is 11.8 Å². The lowest BCUT2D eigenvalue weighted by Crippen LogP contribution is -2.51. The van der Waals surface area contributed by atoms with Gasteiger partial charge in [0.15, 0.2) is 0 Å². The van der Waals surface area contributed by atoms with E-state index in [4.69, 9.17) is 4.42 Å². The third-order valence-electron chi connectivity index (χ3n) is 3.84. The molecule has 7 heteroatoms. The number of benzene rings is 1. The van der Waals surface area contributed by atoms with Crippen molar-refractivity contribution in [2.75, 3.05) is 0 Å². The number of carbonyl (C=O) groups excluding carboxylic acids is 1. The Morgan fingerprint density at radius 2 is 1.96 bits per heavy atom. The van der Waals surface area contributed by atoms with E-state index in [-0.39, 0.29) is 11.8 Å². The molecule has 0 radical (unpaired) electrons. The van der Waals surface area contributed by atoms with Crippen molar-refractivity contribution in [2.45, 2.75) is 43.7 Å². The summed E-state index contributed by atoms with van der Waals surface area (Å²) in [6.07, 6.45) is 0. The summed E-state index contributed by atoms with van der Waals surface area (Å²) >= 11 is 1.17. The summed E-state index contributed by atoms with van der Waals surface area (Å²) in [6, 6.07) is 11.6. The highest BCUT2D eigenvalue weighted by atomic mass is 32.2. The second kappa shape index (κ2) is 7.49. The highest BCUT2D eigenvalue weighted by molar-refractivity contribution is 8.00. The van der Waals surface area contributed by atoms with Gasteiger partial charge in [-0.3, -0.25) is 4.79 Å². The molecule has 1 heterocycles. The van der Waals surface area contributed by atoms with Gasteiger partial charge >= 0.3 is 0 Å². The van der Waals surface area contributed by atoms with Crippen LogP contribution in [-0.4, -0.2) is 26.9 Å². The summed E-state index contributed by atoms with van der Waals surface area (Å²) in [5, 5.41) is 19.9. The Hall–Kier alpha value is -2.33. The predicted octanol–water partition coefficient (Wildman–Crippen LogP) is 3.27. The SMILES string of the molecule is CC(C)[C@@](C)(C#N)NC(=O)[C@H](C)Sc1nnc(-c2ccccc2)o1. The zero-order valence-electron chi connectivity index (χ0n) is 14.1. The molecule has 1 amide bonds. The van der Waals surface area contributed by atoms with Crippen LogP contribution in [0.1, 0.15) is 27.7 Å². The van der Waals surface area contributed by atoms with Crippen molar-refractivity contribution in [3.63, 3.8) is 0 Å². The molecule has 0 aliphatic carbocycles. The standard InChI is InChI=1S/C17H20N4O2S/c1-11(2)17(4,10-18)19-14(22)12(3)24-16-21-20-15(23-16)13-8-6-5-7-9-13/h5-9,11-12H,1-4H3,(H,19,22)/t12-,17+/m0/s1. The Morgan fingerprint density at radius 1 is 1.29 bits per heavy atom. The van der Waals surface area contributed by atoms with Crippen molar-refractivity contribution in [3.05, 3.63) is 30.3 Å². The van der Waals surface area contributed by atoms with Gasteiger partial charge in [0.1, 0.15) is 5.54 Å². The van der Waals surface area contributed by atoms with Gasteiger partial charge in [0, 0.05) is 5.56 Å². The summed E-state index contributed by atoms with van der Waals surface area (Å²) in [5.74, 6) is 0.170. The molecule has 6 nitrogen and oxygen atoms in total. The van der Waals surface area contributed by atoms with E-state index in [1.165, 1.54) is 11.8 Å². The molecular formula is C17H20N4O2S. The fraction of sp³-hybridized carbons (Fsp3) is 0.412. The Balaban J connectivity index is 2.02. The highest BCUT2D eigenvalue weighted by Gasteiger charge is 2.32. The van der Waals surface area contributed by atoms with Crippen LogP contribution in [0, 0.1) is 17.2 Å². The number of hydrogen-bond donors (Lipinski definition) is 1. The maximum absolute atomic E-state index is 12.3. The van der Waals surface area contributed by atoms with E-state index in [9.17, 15) is 10.1 Å². The van der Waals surface area contributed by atoms with Crippen LogP contribution in [0.5, 0.6) is 0 Å². The Labute approximate surface area is 145 Å². The average molecular weight is 344 g/mol. The molecule has 1 aromatic heterocycles. The van der Waals surface area contributed by atoms with Crippen molar-refractivity contribution in [1.29, 1.82) is 5.26 Å². The lowest BCUT2D eigenvalue weighted by molar-refractivity contribution is -0.121. The smallest absolute Gasteiger partial charge is 0.277 e. The van der Waals surface area contributed by atoms with E-state index >= 15 is 0 Å². The first-order valence-corrected chi connectivity index (χ1v) is 8.52. The van der Waals surface area contributed by atoms with Crippen molar-refractivity contribution < 1.29 is 9.21 Å². The van der Waals surface area contributed by atoms with Crippen LogP contribution in [0.15, 0.2) is 40.0 Å². The molecule has 2 rings (SSSR count). The maximum atomic E-state index is 12.3. The second-order valence-corrected chi connectivity index (χ2v) is 7.25. The van der Waals surface area contributed by atoms with Gasteiger partial charge in [-0.1, -0.05) is 43.8 Å². The third kappa shape index (κ3) is 4.15. The Bertz CT molecular complexity index is 739. The summed E-state index contributed by atoms with van der Waals surface area (Å²) in [4.78, 5) is 12.3. The molecule has 0 fully saturated rings. The van der Waals surface area contributed by atoms with Crippen LogP contribution < -0.4 is 5.32 Å². The number of nitrogens with zero attached hydrogens (tertiary/aromatic N) is 3. The fourth-order valence-corrected chi connectivity index (χ4v) is 2.50. The first-order valence-electron chi connectivity index (χ1n) is 7.64. The summed E-state index contributed by atoms with van der Waals surface area (Å²) in [5.41, 5.74) is -0.0820. The largest absolute Gasteiger partial charge is 0.411 e. The molecule has 0 aliphatic heterocycles. The summed E-state index contributed by atoms with van der Waals surface area (Å²) < 4.78 is 5.59. The predicted molar refractivity (Wildman–Crippen MR) is 92.1 cm³/mol. The van der Waals surface area contributed by atoms with E-state index < -0.39 is 10.8 Å². The number of aromatic nitrogens is 2. The number of hydrogen-bond acceptors (Lipinski definition) is 6. The van der Waals surface area contributed by atoms with E-state index in [2.05, 4.69) is 21.6 Å². The Kier molecular flexibility index (Phi) is 5.62. The fourth-order valence-electron chi connectivity index (χ4n) is 1.82. The minimum absolute atomic E-state index is 0.00302. The van der Waals surface area contributed by atoms with Crippen molar-refractivity contribution >= 4 is 17.7 Å². The summed E-state index contributed by atoms with van der Waals surface area (Å²) in [6.45, 7) is 7.24. The van der Waals surface area contributed by atoms with Crippen molar-refractivity contribution in [2.24, 2.45) is 5.92 Å². The van der Waals surface area contributed by atoms with E-state index in [0.717, 1.165) is 5.56 Å². The first kappa shape index (κ1) is 18.0. The normalized spacial score (nSPS) is 14.7. The maximum Gasteiger partial charge on any atom is 0.277 e. The first-order chi connectivity index (χ1) is 11.4. The lowest BCUT2D eigenvalue weighted by atomic mass is 9.90. The quantitative estimate of drug-likeness (QED) is 0.809. The lowest BCUT2D eigenvalue weighted by Gasteiger charge is -2.28. The van der Waals surface area contributed by atoms with E-state index in [1.807, 2.05) is 44.2 Å². The second-order valence-electron chi connectivity index (χ2n) is 5.96. The van der Waals surface area contributed by atoms with Gasteiger partial charge in [-0.05, 0) is 31.9 Å². The van der Waals surface area contributed by atoms with Crippen LogP contribution in [0.25, 0.3) is 11.5 Å². The zero-order chi connectivity index (χ0) is 17.7. The molecule has 24 heavy (non-hydrogen) atoms. The molecule has 2 atom stereocenters. The number of carbonyl (C=O) groups is 1. The summed E-state index contributed by atoms with van der Waals surface area (Å²) in [7, 11) is 0. The molecule has 2 aromatic rings. The highest BCUT2D eigenvalue weighted by Crippen LogP contribution is 2.26. The van der Waals surface area contributed by atoms with Crippen molar-refractivity contribution in [1.82, 2.24) is 15.5 Å². The van der Waals surface area contributed by atoms with Crippen LogP contribution in [0.2, 0.25) is 0 Å². The molecule has 126 valence electrons. The van der Waals surface area contributed by atoms with Crippen molar-refractivity contribution in [3.8, 4) is 17.5 Å². The number of rotatable bonds is 6. The average Bonchev–Trinajstić information content (AvgIpc) is 3.03. The molecule has 0 bridgehead atoms. The van der Waals surface area contributed by atoms with Crippen LogP contribution in [-0.2, 0) is 4.79 Å². The number of amides is 1. The number of nitriles is 1. The zero-order valence-corrected chi connectivity index (χ0v) is 14.9. The van der Waals surface area contributed by atoms with Gasteiger partial charge in [0.2, 0.25) is 11.8 Å². The topological polar surface area (TPSA) is 91.8 Å². The minimum atomic E-state index is -0.907. The van der Waals surface area contributed by atoms with Crippen LogP contribution in [0.3, 0.4) is 0 Å². The van der Waals surface area contributed by atoms with E-state index in [0.29, 0.717) is 11.1 Å². The van der Waals surface area contributed by atoms with Gasteiger partial charge < -0.3 is 9.73 Å². The van der Waals surface area contributed by atoms with Gasteiger partial charge in [-0.2, -0.15) is 5.26 Å². The molecule has 0 saturated heterocycles. The molecule has 0 aliphatic rings. The molecular weight excluding hydrogens is 324 g/mol. The van der Waals surface area contributed by atoms with Crippen LogP contribution in [0.4, 0.5) is 0 Å². The van der Waals surface area contributed by atoms with Gasteiger partial charge in [0.25, 0.3) is 5.22 Å². The molecule has 0 spiro atoms. The molecule has 1 aromatic carbocycles. The monoisotopic (exact) mass is 344 g/mol. The minimum Gasteiger partial charge on any atom is -0.411 e.